The third-order valence-electron chi connectivity index (χ3n) is 2.38. The van der Waals surface area contributed by atoms with Gasteiger partial charge in [-0.2, -0.15) is 0 Å². The van der Waals surface area contributed by atoms with Crippen LogP contribution in [0.2, 0.25) is 0 Å². The van der Waals surface area contributed by atoms with Gasteiger partial charge < -0.3 is 0 Å². The second-order valence-electron chi connectivity index (χ2n) is 2.91. The van der Waals surface area contributed by atoms with Gasteiger partial charge in [-0.1, -0.05) is 0 Å². The molecule has 2 aliphatic carbocycles. The third-order valence-corrected chi connectivity index (χ3v) is 2.38. The quantitative estimate of drug-likeness (QED) is 0.404. The fourth-order valence-electron chi connectivity index (χ4n) is 1.93. The molecular formula is C7H11+. The predicted molar refractivity (Wildman–Crippen MR) is 29.7 cm³/mol. The van der Waals surface area contributed by atoms with Crippen LogP contribution in [0.3, 0.4) is 0 Å². The molecular weight excluding hydrogens is 84.1 g/mol. The van der Waals surface area contributed by atoms with E-state index in [1.54, 1.807) is 0 Å². The van der Waals surface area contributed by atoms with E-state index in [1.807, 2.05) is 0 Å². The molecule has 38 valence electrons. The third kappa shape index (κ3) is 0.457. The van der Waals surface area contributed by atoms with E-state index in [0.29, 0.717) is 0 Å². The minimum absolute atomic E-state index is 1.05. The van der Waals surface area contributed by atoms with E-state index < -0.39 is 0 Å². The molecule has 0 heteroatoms. The average molecular weight is 95.2 g/mol. The maximum Gasteiger partial charge on any atom is 0.0982 e. The van der Waals surface area contributed by atoms with Crippen molar-refractivity contribution in [1.29, 1.82) is 0 Å². The molecule has 0 N–H and O–H groups in total. The molecule has 0 saturated heterocycles. The smallest absolute Gasteiger partial charge is 0.0419 e. The lowest BCUT2D eigenvalue weighted by atomic mass is 10.0. The van der Waals surface area contributed by atoms with Crippen LogP contribution in [0.5, 0.6) is 0 Å². The molecule has 0 radical (unpaired) electrons. The molecule has 0 aromatic rings. The highest BCUT2D eigenvalue weighted by Gasteiger charge is 2.38. The van der Waals surface area contributed by atoms with Crippen LogP contribution in [-0.4, -0.2) is 0 Å². The summed E-state index contributed by atoms with van der Waals surface area (Å²) in [7, 11) is 0. The van der Waals surface area contributed by atoms with Crippen LogP contribution in [0.4, 0.5) is 0 Å². The van der Waals surface area contributed by atoms with Crippen molar-refractivity contribution in [2.45, 2.75) is 25.7 Å². The number of fused-ring (bicyclic) bond motifs is 2. The molecule has 0 heterocycles. The van der Waals surface area contributed by atoms with Crippen molar-refractivity contribution in [2.24, 2.45) is 11.8 Å². The van der Waals surface area contributed by atoms with Crippen LogP contribution in [0.25, 0.3) is 0 Å². The average Bonchev–Trinajstić information content (AvgIpc) is 2.22. The van der Waals surface area contributed by atoms with Crippen molar-refractivity contribution in [1.82, 2.24) is 0 Å². The van der Waals surface area contributed by atoms with Gasteiger partial charge in [0.25, 0.3) is 0 Å². The summed E-state index contributed by atoms with van der Waals surface area (Å²) in [5.41, 5.74) is 0. The zero-order valence-corrected chi connectivity index (χ0v) is 4.56. The maximum atomic E-state index is 2.51. The lowest BCUT2D eigenvalue weighted by Crippen LogP contribution is -1.92. The molecule has 2 atom stereocenters. The molecule has 7 heavy (non-hydrogen) atoms. The Bertz CT molecular complexity index is 58.1. The standard InChI is InChI=1S/C7H11/c1-2-7-4-3-6(1)5-7/h1,6-7H,2-5H2/q+1/t6-,7+/m0/s1. The van der Waals surface area contributed by atoms with Gasteiger partial charge in [-0.05, 0) is 19.3 Å². The van der Waals surface area contributed by atoms with E-state index in [2.05, 4.69) is 6.42 Å². The molecule has 2 saturated carbocycles. The summed E-state index contributed by atoms with van der Waals surface area (Å²) < 4.78 is 0. The number of hydrogen-bond acceptors (Lipinski definition) is 0. The normalized spacial score (nSPS) is 46.9. The van der Waals surface area contributed by atoms with Gasteiger partial charge in [-0.15, -0.1) is 0 Å². The van der Waals surface area contributed by atoms with E-state index in [0.717, 1.165) is 11.8 Å². The zero-order chi connectivity index (χ0) is 4.69. The second kappa shape index (κ2) is 1.18. The lowest BCUT2D eigenvalue weighted by Gasteiger charge is -1.97. The Morgan fingerprint density at radius 1 is 1.29 bits per heavy atom. The van der Waals surface area contributed by atoms with Crippen molar-refractivity contribution in [3.63, 3.8) is 0 Å². The van der Waals surface area contributed by atoms with Crippen molar-refractivity contribution >= 4 is 0 Å². The lowest BCUT2D eigenvalue weighted by molar-refractivity contribution is 0.557. The van der Waals surface area contributed by atoms with Gasteiger partial charge >= 0.3 is 0 Å². The molecule has 0 nitrogen and oxygen atoms in total. The molecule has 0 aromatic carbocycles. The highest BCUT2D eigenvalue weighted by molar-refractivity contribution is 4.94. The van der Waals surface area contributed by atoms with E-state index in [4.69, 9.17) is 0 Å². The van der Waals surface area contributed by atoms with Crippen molar-refractivity contribution in [3.05, 3.63) is 6.42 Å². The summed E-state index contributed by atoms with van der Waals surface area (Å²) in [6.07, 6.45) is 8.50. The van der Waals surface area contributed by atoms with Crippen molar-refractivity contribution in [3.8, 4) is 0 Å². The van der Waals surface area contributed by atoms with Crippen LogP contribution in [0.1, 0.15) is 25.7 Å². The summed E-state index contributed by atoms with van der Waals surface area (Å²) in [5, 5.41) is 0. The molecule has 2 rings (SSSR count). The van der Waals surface area contributed by atoms with Crippen molar-refractivity contribution < 1.29 is 0 Å². The molecule has 2 bridgehead atoms. The molecule has 0 aliphatic heterocycles. The van der Waals surface area contributed by atoms with E-state index >= 15 is 0 Å². The minimum atomic E-state index is 1.05. The predicted octanol–water partition coefficient (Wildman–Crippen LogP) is 2.01. The first-order valence-electron chi connectivity index (χ1n) is 3.28. The molecule has 0 aromatic heterocycles. The Kier molecular flexibility index (Phi) is 0.643. The summed E-state index contributed by atoms with van der Waals surface area (Å²) in [6, 6.07) is 0. The topological polar surface area (TPSA) is 0 Å². The van der Waals surface area contributed by atoms with Gasteiger partial charge in [0.2, 0.25) is 0 Å². The Morgan fingerprint density at radius 2 is 2.29 bits per heavy atom. The molecule has 0 spiro atoms. The van der Waals surface area contributed by atoms with Gasteiger partial charge in [-0.25, -0.2) is 0 Å². The maximum absolute atomic E-state index is 2.51. The number of hydrogen-bond donors (Lipinski definition) is 0. The van der Waals surface area contributed by atoms with Crippen molar-refractivity contribution in [2.75, 3.05) is 0 Å². The Balaban J connectivity index is 2.12. The highest BCUT2D eigenvalue weighted by atomic mass is 14.4. The second-order valence-corrected chi connectivity index (χ2v) is 2.91. The van der Waals surface area contributed by atoms with Gasteiger partial charge in [0.15, 0.2) is 0 Å². The molecule has 2 fully saturated rings. The van der Waals surface area contributed by atoms with Crippen LogP contribution >= 0.6 is 0 Å². The van der Waals surface area contributed by atoms with E-state index in [1.165, 1.54) is 25.7 Å². The molecule has 0 unspecified atom stereocenters. The summed E-state index contributed by atoms with van der Waals surface area (Å²) in [5.74, 6) is 2.16. The largest absolute Gasteiger partial charge is 0.0982 e. The number of rotatable bonds is 0. The first-order valence-corrected chi connectivity index (χ1v) is 3.28. The Morgan fingerprint density at radius 3 is 2.43 bits per heavy atom. The molecule has 2 aliphatic rings. The Labute approximate surface area is 44.9 Å². The van der Waals surface area contributed by atoms with Crippen LogP contribution in [0, 0.1) is 18.3 Å². The first-order chi connectivity index (χ1) is 3.45. The van der Waals surface area contributed by atoms with Gasteiger partial charge in [0, 0.05) is 5.92 Å². The van der Waals surface area contributed by atoms with Gasteiger partial charge in [0.05, 0.1) is 18.8 Å². The van der Waals surface area contributed by atoms with E-state index in [9.17, 15) is 0 Å². The van der Waals surface area contributed by atoms with Crippen LogP contribution < -0.4 is 0 Å². The summed E-state index contributed by atoms with van der Waals surface area (Å²) >= 11 is 0. The first kappa shape index (κ1) is 3.82. The van der Waals surface area contributed by atoms with Crippen LogP contribution in [0.15, 0.2) is 0 Å². The molecule has 0 amide bonds. The van der Waals surface area contributed by atoms with Gasteiger partial charge in [-0.3, -0.25) is 0 Å². The highest BCUT2D eigenvalue weighted by Crippen LogP contribution is 2.43. The fraction of sp³-hybridized carbons (Fsp3) is 0.857. The SMILES string of the molecule is [CH+]1C[C@@H]2CC[C@H]1C2. The monoisotopic (exact) mass is 95.1 g/mol. The van der Waals surface area contributed by atoms with Gasteiger partial charge in [0.1, 0.15) is 0 Å². The Hall–Kier alpha value is -0.130. The van der Waals surface area contributed by atoms with E-state index in [-0.39, 0.29) is 0 Å². The minimum Gasteiger partial charge on any atom is -0.0419 e. The fourth-order valence-corrected chi connectivity index (χ4v) is 1.93. The summed E-state index contributed by atoms with van der Waals surface area (Å²) in [4.78, 5) is 0. The zero-order valence-electron chi connectivity index (χ0n) is 4.56. The van der Waals surface area contributed by atoms with Crippen LogP contribution in [-0.2, 0) is 0 Å². The summed E-state index contributed by atoms with van der Waals surface area (Å²) in [6.45, 7) is 0.